The Kier molecular flexibility index (Phi) is 5.34. The van der Waals surface area contributed by atoms with Gasteiger partial charge >= 0.3 is 0 Å². The summed E-state index contributed by atoms with van der Waals surface area (Å²) in [7, 11) is 0. The Balaban J connectivity index is 1.52. The lowest BCUT2D eigenvalue weighted by atomic mass is 10.1. The van der Waals surface area contributed by atoms with Gasteiger partial charge in [-0.05, 0) is 55.3 Å². The van der Waals surface area contributed by atoms with Crippen LogP contribution >= 0.6 is 11.6 Å². The average molecular weight is 339 g/mol. The molecule has 0 aliphatic heterocycles. The number of hydrogen-bond acceptors (Lipinski definition) is 2. The van der Waals surface area contributed by atoms with Crippen molar-refractivity contribution in [2.45, 2.75) is 19.9 Å². The molecule has 2 aromatic carbocycles. The van der Waals surface area contributed by atoms with Crippen molar-refractivity contribution in [3.05, 3.63) is 89.5 Å². The average Bonchev–Trinajstić information content (AvgIpc) is 3.00. The number of aryl methyl sites for hydroxylation is 1. The molecule has 0 bridgehead atoms. The summed E-state index contributed by atoms with van der Waals surface area (Å²) in [5.41, 5.74) is 1.25. The van der Waals surface area contributed by atoms with E-state index in [4.69, 9.17) is 16.3 Å². The molecule has 0 radical (unpaired) electrons. The summed E-state index contributed by atoms with van der Waals surface area (Å²) >= 11 is 5.87. The van der Waals surface area contributed by atoms with Gasteiger partial charge in [0.2, 0.25) is 0 Å². The van der Waals surface area contributed by atoms with Crippen LogP contribution in [0.15, 0.2) is 73.1 Å². The van der Waals surface area contributed by atoms with Crippen molar-refractivity contribution in [3.8, 4) is 11.5 Å². The molecule has 3 nitrogen and oxygen atoms in total. The van der Waals surface area contributed by atoms with Crippen LogP contribution < -0.4 is 4.74 Å². The highest BCUT2D eigenvalue weighted by Gasteiger charge is 1.98. The van der Waals surface area contributed by atoms with E-state index in [-0.39, 0.29) is 0 Å². The zero-order chi connectivity index (χ0) is 16.8. The third kappa shape index (κ3) is 4.49. The van der Waals surface area contributed by atoms with Gasteiger partial charge in [0.05, 0.1) is 0 Å². The standard InChI is InChI=1S/C20H19ClN2O/c1-16-22-13-15-23(16)14-3-2-4-17-5-9-19(10-6-17)24-20-11-7-18(21)8-12-20/h2-3,5-13,15H,4,14H2,1H3. The molecule has 1 heterocycles. The summed E-state index contributed by atoms with van der Waals surface area (Å²) in [4.78, 5) is 4.21. The van der Waals surface area contributed by atoms with Gasteiger partial charge in [0, 0.05) is 24.0 Å². The van der Waals surface area contributed by atoms with Crippen molar-refractivity contribution >= 4 is 11.6 Å². The maximum atomic E-state index is 5.87. The molecule has 0 saturated carbocycles. The van der Waals surface area contributed by atoms with E-state index in [0.717, 1.165) is 30.3 Å². The molecule has 0 amide bonds. The summed E-state index contributed by atoms with van der Waals surface area (Å²) in [5.74, 6) is 2.63. The van der Waals surface area contributed by atoms with Crippen molar-refractivity contribution in [2.24, 2.45) is 0 Å². The molecule has 0 atom stereocenters. The highest BCUT2D eigenvalue weighted by molar-refractivity contribution is 6.30. The van der Waals surface area contributed by atoms with E-state index < -0.39 is 0 Å². The number of imidazole rings is 1. The SMILES string of the molecule is Cc1nccn1CC=CCc1ccc(Oc2ccc(Cl)cc2)cc1. The van der Waals surface area contributed by atoms with E-state index in [2.05, 4.69) is 33.8 Å². The molecule has 0 fully saturated rings. The number of benzene rings is 2. The van der Waals surface area contributed by atoms with E-state index in [1.807, 2.05) is 55.7 Å². The Morgan fingerprint density at radius 1 is 1.00 bits per heavy atom. The summed E-state index contributed by atoms with van der Waals surface area (Å²) < 4.78 is 7.90. The Morgan fingerprint density at radius 2 is 1.67 bits per heavy atom. The molecule has 3 rings (SSSR count). The summed E-state index contributed by atoms with van der Waals surface area (Å²) in [5, 5.41) is 0.704. The van der Waals surface area contributed by atoms with Crippen LogP contribution in [0.5, 0.6) is 11.5 Å². The van der Waals surface area contributed by atoms with Crippen molar-refractivity contribution < 1.29 is 4.74 Å². The van der Waals surface area contributed by atoms with Crippen molar-refractivity contribution in [1.29, 1.82) is 0 Å². The van der Waals surface area contributed by atoms with Gasteiger partial charge < -0.3 is 9.30 Å². The number of ether oxygens (including phenoxy) is 1. The predicted molar refractivity (Wildman–Crippen MR) is 97.8 cm³/mol. The Hall–Kier alpha value is -2.52. The van der Waals surface area contributed by atoms with Gasteiger partial charge in [0.1, 0.15) is 17.3 Å². The molecular weight excluding hydrogens is 320 g/mol. The molecule has 0 aliphatic carbocycles. The van der Waals surface area contributed by atoms with Crippen LogP contribution in [0.3, 0.4) is 0 Å². The first-order valence-electron chi connectivity index (χ1n) is 7.86. The smallest absolute Gasteiger partial charge is 0.127 e. The van der Waals surface area contributed by atoms with Crippen LogP contribution in [-0.4, -0.2) is 9.55 Å². The van der Waals surface area contributed by atoms with E-state index in [9.17, 15) is 0 Å². The molecule has 0 unspecified atom stereocenters. The lowest BCUT2D eigenvalue weighted by Gasteiger charge is -2.06. The maximum Gasteiger partial charge on any atom is 0.127 e. The molecule has 0 spiro atoms. The predicted octanol–water partition coefficient (Wildman–Crippen LogP) is 5.44. The zero-order valence-electron chi connectivity index (χ0n) is 13.5. The summed E-state index contributed by atoms with van der Waals surface area (Å²) in [6.07, 6.45) is 9.04. The summed E-state index contributed by atoms with van der Waals surface area (Å²) in [6.45, 7) is 2.86. The minimum atomic E-state index is 0.704. The minimum Gasteiger partial charge on any atom is -0.457 e. The van der Waals surface area contributed by atoms with Gasteiger partial charge in [-0.25, -0.2) is 4.98 Å². The highest BCUT2D eigenvalue weighted by atomic mass is 35.5. The Morgan fingerprint density at radius 3 is 2.29 bits per heavy atom. The van der Waals surface area contributed by atoms with Crippen LogP contribution in [0.1, 0.15) is 11.4 Å². The van der Waals surface area contributed by atoms with Gasteiger partial charge in [-0.1, -0.05) is 35.9 Å². The third-order valence-electron chi connectivity index (χ3n) is 3.72. The molecule has 0 saturated heterocycles. The quantitative estimate of drug-likeness (QED) is 0.560. The second-order valence-electron chi connectivity index (χ2n) is 5.50. The van der Waals surface area contributed by atoms with Gasteiger partial charge in [0.15, 0.2) is 0 Å². The van der Waals surface area contributed by atoms with Crippen molar-refractivity contribution in [3.63, 3.8) is 0 Å². The molecule has 24 heavy (non-hydrogen) atoms. The first-order valence-corrected chi connectivity index (χ1v) is 8.23. The number of nitrogens with zero attached hydrogens (tertiary/aromatic N) is 2. The lowest BCUT2D eigenvalue weighted by Crippen LogP contribution is -1.96. The fourth-order valence-electron chi connectivity index (χ4n) is 2.34. The Bertz CT molecular complexity index is 804. The first-order chi connectivity index (χ1) is 11.7. The molecular formula is C20H19ClN2O. The van der Waals surface area contributed by atoms with Crippen LogP contribution in [0.25, 0.3) is 0 Å². The van der Waals surface area contributed by atoms with Crippen molar-refractivity contribution in [2.75, 3.05) is 0 Å². The van der Waals surface area contributed by atoms with Crippen LogP contribution in [-0.2, 0) is 13.0 Å². The maximum absolute atomic E-state index is 5.87. The van der Waals surface area contributed by atoms with Crippen LogP contribution in [0.4, 0.5) is 0 Å². The van der Waals surface area contributed by atoms with Crippen molar-refractivity contribution in [1.82, 2.24) is 9.55 Å². The number of rotatable bonds is 6. The van der Waals surface area contributed by atoms with Gasteiger partial charge in [-0.2, -0.15) is 0 Å². The summed E-state index contributed by atoms with van der Waals surface area (Å²) in [6, 6.07) is 15.5. The minimum absolute atomic E-state index is 0.704. The topological polar surface area (TPSA) is 27.1 Å². The molecule has 3 aromatic rings. The largest absolute Gasteiger partial charge is 0.457 e. The van der Waals surface area contributed by atoms with E-state index in [1.165, 1.54) is 5.56 Å². The van der Waals surface area contributed by atoms with E-state index >= 15 is 0 Å². The van der Waals surface area contributed by atoms with Crippen LogP contribution in [0, 0.1) is 6.92 Å². The van der Waals surface area contributed by atoms with Gasteiger partial charge in [-0.15, -0.1) is 0 Å². The first kappa shape index (κ1) is 16.3. The lowest BCUT2D eigenvalue weighted by molar-refractivity contribution is 0.482. The molecule has 1 aromatic heterocycles. The molecule has 0 N–H and O–H groups in total. The number of aromatic nitrogens is 2. The van der Waals surface area contributed by atoms with E-state index in [0.29, 0.717) is 5.02 Å². The fourth-order valence-corrected chi connectivity index (χ4v) is 2.46. The highest BCUT2D eigenvalue weighted by Crippen LogP contribution is 2.23. The number of hydrogen-bond donors (Lipinski definition) is 0. The monoisotopic (exact) mass is 338 g/mol. The number of halogens is 1. The zero-order valence-corrected chi connectivity index (χ0v) is 14.3. The molecule has 0 aliphatic rings. The normalized spacial score (nSPS) is 11.1. The Labute approximate surface area is 147 Å². The van der Waals surface area contributed by atoms with Gasteiger partial charge in [-0.3, -0.25) is 0 Å². The second-order valence-corrected chi connectivity index (χ2v) is 5.94. The molecule has 4 heteroatoms. The second kappa shape index (κ2) is 7.84. The number of allylic oxidation sites excluding steroid dienone is 2. The molecule has 122 valence electrons. The third-order valence-corrected chi connectivity index (χ3v) is 3.97. The van der Waals surface area contributed by atoms with Gasteiger partial charge in [0.25, 0.3) is 0 Å². The van der Waals surface area contributed by atoms with E-state index in [1.54, 1.807) is 0 Å². The van der Waals surface area contributed by atoms with Crippen LogP contribution in [0.2, 0.25) is 5.02 Å². The fraction of sp³-hybridized carbons (Fsp3) is 0.150.